The molecule has 20 heavy (non-hydrogen) atoms. The maximum absolute atomic E-state index is 5.44. The fourth-order valence-electron chi connectivity index (χ4n) is 2.53. The summed E-state index contributed by atoms with van der Waals surface area (Å²) in [5.74, 6) is 0.936. The average molecular weight is 352 g/mol. The second-order valence-corrected chi connectivity index (χ2v) is 7.26. The number of furan rings is 1. The molecule has 1 N–H and O–H groups in total. The van der Waals surface area contributed by atoms with E-state index in [0.717, 1.165) is 15.5 Å². The van der Waals surface area contributed by atoms with Crippen LogP contribution in [0, 0.1) is 0 Å². The van der Waals surface area contributed by atoms with Gasteiger partial charge < -0.3 is 9.73 Å². The lowest BCUT2D eigenvalue weighted by Crippen LogP contribution is -2.01. The average Bonchev–Trinajstić information content (AvgIpc) is 3.10. The third kappa shape index (κ3) is 3.41. The van der Waals surface area contributed by atoms with Crippen LogP contribution in [-0.2, 0) is 6.54 Å². The van der Waals surface area contributed by atoms with Gasteiger partial charge in [0.05, 0.1) is 17.3 Å². The van der Waals surface area contributed by atoms with E-state index in [9.17, 15) is 0 Å². The minimum absolute atomic E-state index is 0.704. The van der Waals surface area contributed by atoms with Crippen molar-refractivity contribution >= 4 is 33.4 Å². The smallest absolute Gasteiger partial charge is 0.136 e. The molecule has 3 rings (SSSR count). The summed E-state index contributed by atoms with van der Waals surface area (Å²) in [4.78, 5) is 1.35. The van der Waals surface area contributed by atoms with Gasteiger partial charge in [-0.3, -0.25) is 0 Å². The molecule has 1 aromatic heterocycles. The summed E-state index contributed by atoms with van der Waals surface area (Å²) < 4.78 is 6.46. The Bertz CT molecular complexity index is 563. The summed E-state index contributed by atoms with van der Waals surface area (Å²) in [7, 11) is 0. The summed E-state index contributed by atoms with van der Waals surface area (Å²) in [6.45, 7) is 0.704. The Labute approximate surface area is 132 Å². The molecule has 0 unspecified atom stereocenters. The van der Waals surface area contributed by atoms with Gasteiger partial charge in [-0.15, -0.1) is 11.8 Å². The fourth-order valence-corrected chi connectivity index (χ4v) is 4.22. The van der Waals surface area contributed by atoms with E-state index in [1.807, 2.05) is 17.8 Å². The van der Waals surface area contributed by atoms with Crippen LogP contribution in [0.15, 0.2) is 50.4 Å². The number of rotatable bonds is 5. The highest BCUT2D eigenvalue weighted by Gasteiger charge is 2.17. The number of halogens is 1. The van der Waals surface area contributed by atoms with Crippen molar-refractivity contribution < 1.29 is 4.42 Å². The fraction of sp³-hybridized carbons (Fsp3) is 0.375. The van der Waals surface area contributed by atoms with Crippen LogP contribution in [0.4, 0.5) is 5.69 Å². The Hall–Kier alpha value is -0.870. The minimum atomic E-state index is 0.704. The van der Waals surface area contributed by atoms with Gasteiger partial charge in [0.25, 0.3) is 0 Å². The molecule has 0 spiro atoms. The molecule has 0 atom stereocenters. The lowest BCUT2D eigenvalue weighted by Gasteiger charge is -2.14. The molecule has 4 heteroatoms. The Morgan fingerprint density at radius 3 is 2.75 bits per heavy atom. The molecule has 0 bridgehead atoms. The van der Waals surface area contributed by atoms with Crippen LogP contribution in [0.5, 0.6) is 0 Å². The maximum atomic E-state index is 5.44. The number of hydrogen-bond acceptors (Lipinski definition) is 3. The normalized spacial score (nSPS) is 15.7. The van der Waals surface area contributed by atoms with Gasteiger partial charge in [-0.05, 0) is 47.0 Å². The summed E-state index contributed by atoms with van der Waals surface area (Å²) in [6, 6.07) is 10.5. The van der Waals surface area contributed by atoms with Gasteiger partial charge >= 0.3 is 0 Å². The first-order chi connectivity index (χ1) is 9.83. The molecule has 0 amide bonds. The summed E-state index contributed by atoms with van der Waals surface area (Å²) in [5.41, 5.74) is 1.20. The Morgan fingerprint density at radius 1 is 1.20 bits per heavy atom. The van der Waals surface area contributed by atoms with E-state index < -0.39 is 0 Å². The lowest BCUT2D eigenvalue weighted by atomic mass is 10.3. The van der Waals surface area contributed by atoms with Crippen molar-refractivity contribution in [3.05, 3.63) is 46.8 Å². The maximum Gasteiger partial charge on any atom is 0.136 e. The molecule has 1 aliphatic carbocycles. The van der Waals surface area contributed by atoms with Crippen LogP contribution < -0.4 is 5.32 Å². The molecule has 1 saturated carbocycles. The Morgan fingerprint density at radius 2 is 2.00 bits per heavy atom. The summed E-state index contributed by atoms with van der Waals surface area (Å²) in [6.07, 6.45) is 7.17. The first kappa shape index (κ1) is 14.1. The molecule has 0 saturated heterocycles. The number of anilines is 1. The zero-order valence-corrected chi connectivity index (χ0v) is 13.7. The second kappa shape index (κ2) is 6.72. The molecule has 106 valence electrons. The minimum Gasteiger partial charge on any atom is -0.466 e. The molecule has 0 radical (unpaired) electrons. The third-order valence-corrected chi connectivity index (χ3v) is 5.73. The predicted molar refractivity (Wildman–Crippen MR) is 88.3 cm³/mol. The molecule has 1 aliphatic rings. The largest absolute Gasteiger partial charge is 0.466 e. The quantitative estimate of drug-likeness (QED) is 0.748. The van der Waals surface area contributed by atoms with Crippen molar-refractivity contribution in [2.45, 2.75) is 42.4 Å². The van der Waals surface area contributed by atoms with Gasteiger partial charge in [0.2, 0.25) is 0 Å². The molecule has 0 aliphatic heterocycles. The monoisotopic (exact) mass is 351 g/mol. The zero-order chi connectivity index (χ0) is 13.8. The summed E-state index contributed by atoms with van der Waals surface area (Å²) >= 11 is 5.50. The highest BCUT2D eigenvalue weighted by molar-refractivity contribution is 9.10. The Balaban J connectivity index is 1.67. The van der Waals surface area contributed by atoms with Crippen LogP contribution >= 0.6 is 27.7 Å². The highest BCUT2D eigenvalue weighted by atomic mass is 79.9. The van der Waals surface area contributed by atoms with E-state index in [-0.39, 0.29) is 0 Å². The van der Waals surface area contributed by atoms with Crippen LogP contribution in [0.25, 0.3) is 0 Å². The molecular formula is C16H18BrNOS. The van der Waals surface area contributed by atoms with E-state index in [2.05, 4.69) is 45.5 Å². The van der Waals surface area contributed by atoms with Gasteiger partial charge in [-0.2, -0.15) is 0 Å². The van der Waals surface area contributed by atoms with E-state index in [1.54, 1.807) is 6.26 Å². The van der Waals surface area contributed by atoms with Crippen LogP contribution in [0.3, 0.4) is 0 Å². The van der Waals surface area contributed by atoms with Gasteiger partial charge in [0.15, 0.2) is 0 Å². The SMILES string of the molecule is Brc1ccoc1CNc1ccccc1SC1CCCC1. The molecule has 1 heterocycles. The predicted octanol–water partition coefficient (Wildman–Crippen LogP) is 5.69. The van der Waals surface area contributed by atoms with Crippen LogP contribution in [0.2, 0.25) is 0 Å². The first-order valence-corrected chi connectivity index (χ1v) is 8.71. The van der Waals surface area contributed by atoms with Crippen molar-refractivity contribution in [2.24, 2.45) is 0 Å². The Kier molecular flexibility index (Phi) is 4.73. The molecule has 1 fully saturated rings. The van der Waals surface area contributed by atoms with Gasteiger partial charge in [-0.1, -0.05) is 25.0 Å². The first-order valence-electron chi connectivity index (χ1n) is 7.04. The second-order valence-electron chi connectivity index (χ2n) is 5.07. The standard InChI is InChI=1S/C16H18BrNOS/c17-13-9-10-19-15(13)11-18-14-7-3-4-8-16(14)20-12-5-1-2-6-12/h3-4,7-10,12,18H,1-2,5-6,11H2. The third-order valence-electron chi connectivity index (χ3n) is 3.61. The number of para-hydroxylation sites is 1. The topological polar surface area (TPSA) is 25.2 Å². The number of hydrogen-bond donors (Lipinski definition) is 1. The van der Waals surface area contributed by atoms with Crippen molar-refractivity contribution in [2.75, 3.05) is 5.32 Å². The van der Waals surface area contributed by atoms with Crippen molar-refractivity contribution in [3.63, 3.8) is 0 Å². The van der Waals surface area contributed by atoms with E-state index >= 15 is 0 Å². The van der Waals surface area contributed by atoms with Crippen molar-refractivity contribution in [1.29, 1.82) is 0 Å². The number of thioether (sulfide) groups is 1. The molecular weight excluding hydrogens is 334 g/mol. The van der Waals surface area contributed by atoms with Gasteiger partial charge in [-0.25, -0.2) is 0 Å². The molecule has 1 aromatic carbocycles. The highest BCUT2D eigenvalue weighted by Crippen LogP contribution is 2.38. The number of benzene rings is 1. The van der Waals surface area contributed by atoms with Crippen molar-refractivity contribution in [3.8, 4) is 0 Å². The van der Waals surface area contributed by atoms with Gasteiger partial charge in [0.1, 0.15) is 5.76 Å². The van der Waals surface area contributed by atoms with Crippen molar-refractivity contribution in [1.82, 2.24) is 0 Å². The molecule has 2 nitrogen and oxygen atoms in total. The van der Waals surface area contributed by atoms with Crippen LogP contribution in [-0.4, -0.2) is 5.25 Å². The number of nitrogens with one attached hydrogen (secondary N) is 1. The van der Waals surface area contributed by atoms with Gasteiger partial charge in [0, 0.05) is 15.8 Å². The van der Waals surface area contributed by atoms with E-state index in [1.165, 1.54) is 36.3 Å². The zero-order valence-electron chi connectivity index (χ0n) is 11.3. The van der Waals surface area contributed by atoms with E-state index in [0.29, 0.717) is 6.54 Å². The summed E-state index contributed by atoms with van der Waals surface area (Å²) in [5, 5.41) is 4.27. The van der Waals surface area contributed by atoms with E-state index in [4.69, 9.17) is 4.42 Å². The lowest BCUT2D eigenvalue weighted by molar-refractivity contribution is 0.516. The molecule has 2 aromatic rings. The van der Waals surface area contributed by atoms with Crippen LogP contribution in [0.1, 0.15) is 31.4 Å².